The van der Waals surface area contributed by atoms with Crippen LogP contribution in [0.4, 0.5) is 5.69 Å². The largest absolute Gasteiger partial charge is 0.325 e. The molecule has 0 bridgehead atoms. The van der Waals surface area contributed by atoms with Gasteiger partial charge in [0.1, 0.15) is 0 Å². The van der Waals surface area contributed by atoms with E-state index < -0.39 is 0 Å². The lowest BCUT2D eigenvalue weighted by Crippen LogP contribution is -2.17. The van der Waals surface area contributed by atoms with Crippen LogP contribution in [0.15, 0.2) is 60.5 Å². The maximum Gasteiger partial charge on any atom is 0.234 e. The molecule has 0 saturated heterocycles. The lowest BCUT2D eigenvalue weighted by molar-refractivity contribution is -0.113. The Hall–Kier alpha value is -2.93. The number of benzene rings is 1. The molecule has 1 aromatic carbocycles. The van der Waals surface area contributed by atoms with Crippen LogP contribution in [-0.4, -0.2) is 31.4 Å². The molecule has 0 aliphatic rings. The Morgan fingerprint density at radius 2 is 1.93 bits per heavy atom. The van der Waals surface area contributed by atoms with Gasteiger partial charge in [0, 0.05) is 30.2 Å². The van der Waals surface area contributed by atoms with E-state index in [0.717, 1.165) is 35.2 Å². The number of aryl methyl sites for hydroxylation is 2. The summed E-state index contributed by atoms with van der Waals surface area (Å²) < 4.78 is 1.94. The Morgan fingerprint density at radius 3 is 2.55 bits per heavy atom. The topological polar surface area (TPSA) is 72.7 Å². The smallest absolute Gasteiger partial charge is 0.234 e. The van der Waals surface area contributed by atoms with Gasteiger partial charge < -0.3 is 5.32 Å². The quantitative estimate of drug-likeness (QED) is 0.421. The van der Waals surface area contributed by atoms with Crippen molar-refractivity contribution in [1.82, 2.24) is 19.7 Å². The van der Waals surface area contributed by atoms with E-state index in [2.05, 4.69) is 53.1 Å². The van der Waals surface area contributed by atoms with Crippen molar-refractivity contribution in [2.75, 3.05) is 11.1 Å². The normalized spacial score (nSPS) is 10.7. The molecule has 0 fully saturated rings. The first kappa shape index (κ1) is 20.8. The maximum atomic E-state index is 12.6. The minimum Gasteiger partial charge on any atom is -0.325 e. The monoisotopic (exact) mass is 407 g/mol. The minimum absolute atomic E-state index is 0.0540. The zero-order valence-electron chi connectivity index (χ0n) is 16.8. The molecule has 0 aliphatic carbocycles. The predicted octanol–water partition coefficient (Wildman–Crippen LogP) is 4.38. The lowest BCUT2D eigenvalue weighted by Gasteiger charge is -2.14. The summed E-state index contributed by atoms with van der Waals surface area (Å²) in [4.78, 5) is 16.8. The number of allylic oxidation sites excluding steroid dienone is 1. The summed E-state index contributed by atoms with van der Waals surface area (Å²) in [6.07, 6.45) is 7.00. The number of para-hydroxylation sites is 1. The van der Waals surface area contributed by atoms with Crippen molar-refractivity contribution in [3.05, 3.63) is 66.5 Å². The van der Waals surface area contributed by atoms with Gasteiger partial charge in [-0.05, 0) is 36.1 Å². The molecule has 0 unspecified atom stereocenters. The molecular formula is C22H25N5OS. The third-order valence-electron chi connectivity index (χ3n) is 4.54. The molecular weight excluding hydrogens is 382 g/mol. The van der Waals surface area contributed by atoms with Gasteiger partial charge >= 0.3 is 0 Å². The van der Waals surface area contributed by atoms with Crippen LogP contribution in [0.5, 0.6) is 0 Å². The van der Waals surface area contributed by atoms with Crippen LogP contribution in [0.25, 0.3) is 11.4 Å². The summed E-state index contributed by atoms with van der Waals surface area (Å²) in [6.45, 7) is 8.56. The third kappa shape index (κ3) is 4.92. The maximum absolute atomic E-state index is 12.6. The highest BCUT2D eigenvalue weighted by atomic mass is 32.2. The highest BCUT2D eigenvalue weighted by Crippen LogP contribution is 2.25. The fourth-order valence-corrected chi connectivity index (χ4v) is 3.85. The first-order chi connectivity index (χ1) is 14.2. The summed E-state index contributed by atoms with van der Waals surface area (Å²) in [7, 11) is 0. The molecule has 3 rings (SSSR count). The number of pyridine rings is 1. The van der Waals surface area contributed by atoms with E-state index in [4.69, 9.17) is 0 Å². The van der Waals surface area contributed by atoms with Crippen LogP contribution in [0.3, 0.4) is 0 Å². The number of carbonyl (C=O) groups is 1. The Morgan fingerprint density at radius 1 is 1.17 bits per heavy atom. The third-order valence-corrected chi connectivity index (χ3v) is 5.51. The molecule has 1 amide bonds. The number of rotatable bonds is 9. The van der Waals surface area contributed by atoms with E-state index in [1.807, 2.05) is 22.8 Å². The molecule has 0 atom stereocenters. The van der Waals surface area contributed by atoms with Crippen molar-refractivity contribution in [1.29, 1.82) is 0 Å². The summed E-state index contributed by atoms with van der Waals surface area (Å²) in [5, 5.41) is 12.3. The van der Waals surface area contributed by atoms with Gasteiger partial charge in [-0.25, -0.2) is 0 Å². The first-order valence-corrected chi connectivity index (χ1v) is 10.6. The van der Waals surface area contributed by atoms with Gasteiger partial charge in [-0.1, -0.05) is 49.9 Å². The van der Waals surface area contributed by atoms with E-state index >= 15 is 0 Å². The molecule has 0 saturated carbocycles. The van der Waals surface area contributed by atoms with Crippen molar-refractivity contribution in [2.45, 2.75) is 38.4 Å². The van der Waals surface area contributed by atoms with Gasteiger partial charge in [0.15, 0.2) is 11.0 Å². The van der Waals surface area contributed by atoms with Crippen LogP contribution >= 0.6 is 11.8 Å². The first-order valence-electron chi connectivity index (χ1n) is 9.65. The van der Waals surface area contributed by atoms with E-state index in [1.54, 1.807) is 18.5 Å². The molecule has 0 spiro atoms. The minimum atomic E-state index is -0.0540. The van der Waals surface area contributed by atoms with Gasteiger partial charge in [0.25, 0.3) is 0 Å². The van der Waals surface area contributed by atoms with Gasteiger partial charge in [0.2, 0.25) is 5.91 Å². The number of aromatic nitrogens is 4. The summed E-state index contributed by atoms with van der Waals surface area (Å²) in [5.41, 5.74) is 4.11. The molecule has 29 heavy (non-hydrogen) atoms. The standard InChI is InChI=1S/C22H25N5OS/c1-4-13-27-21(18-11-8-12-23-14-18)25-26-22(27)29-15-19(28)24-20-16(5-2)9-7-10-17(20)6-3/h4,7-12,14H,1,5-6,13,15H2,2-3H3,(H,24,28). The van der Waals surface area contributed by atoms with Crippen LogP contribution in [0, 0.1) is 0 Å². The van der Waals surface area contributed by atoms with Crippen molar-refractivity contribution < 1.29 is 4.79 Å². The number of hydrogen-bond donors (Lipinski definition) is 1. The van der Waals surface area contributed by atoms with Crippen LogP contribution in [-0.2, 0) is 24.2 Å². The predicted molar refractivity (Wildman–Crippen MR) is 118 cm³/mol. The molecule has 150 valence electrons. The SMILES string of the molecule is C=CCn1c(SCC(=O)Nc2c(CC)cccc2CC)nnc1-c1cccnc1. The summed E-state index contributed by atoms with van der Waals surface area (Å²) in [6, 6.07) is 9.95. The Bertz CT molecular complexity index is 962. The Labute approximate surface area is 175 Å². The second-order valence-electron chi connectivity index (χ2n) is 6.44. The molecule has 0 aliphatic heterocycles. The number of nitrogens with one attached hydrogen (secondary N) is 1. The highest BCUT2D eigenvalue weighted by Gasteiger charge is 2.16. The number of thioether (sulfide) groups is 1. The molecule has 7 heteroatoms. The van der Waals surface area contributed by atoms with E-state index in [-0.39, 0.29) is 11.7 Å². The molecule has 6 nitrogen and oxygen atoms in total. The average Bonchev–Trinajstić information content (AvgIpc) is 3.16. The second kappa shape index (κ2) is 10.0. The van der Waals surface area contributed by atoms with Gasteiger partial charge in [-0.3, -0.25) is 14.3 Å². The Kier molecular flexibility index (Phi) is 7.19. The van der Waals surface area contributed by atoms with E-state index in [9.17, 15) is 4.79 Å². The van der Waals surface area contributed by atoms with Crippen LogP contribution < -0.4 is 5.32 Å². The summed E-state index contributed by atoms with van der Waals surface area (Å²) in [5.74, 6) is 0.913. The summed E-state index contributed by atoms with van der Waals surface area (Å²) >= 11 is 1.37. The van der Waals surface area contributed by atoms with Crippen LogP contribution in [0.1, 0.15) is 25.0 Å². The van der Waals surface area contributed by atoms with Gasteiger partial charge in [-0.2, -0.15) is 0 Å². The van der Waals surface area contributed by atoms with Gasteiger partial charge in [-0.15, -0.1) is 16.8 Å². The number of hydrogen-bond acceptors (Lipinski definition) is 5. The average molecular weight is 408 g/mol. The van der Waals surface area contributed by atoms with Crippen molar-refractivity contribution >= 4 is 23.4 Å². The number of carbonyl (C=O) groups excluding carboxylic acids is 1. The van der Waals surface area contributed by atoms with Gasteiger partial charge in [0.05, 0.1) is 5.75 Å². The zero-order valence-corrected chi connectivity index (χ0v) is 17.6. The number of amides is 1. The molecule has 0 radical (unpaired) electrons. The van der Waals surface area contributed by atoms with E-state index in [0.29, 0.717) is 17.5 Å². The van der Waals surface area contributed by atoms with Crippen molar-refractivity contribution in [3.63, 3.8) is 0 Å². The highest BCUT2D eigenvalue weighted by molar-refractivity contribution is 7.99. The zero-order chi connectivity index (χ0) is 20.6. The number of nitrogens with zero attached hydrogens (tertiary/aromatic N) is 4. The van der Waals surface area contributed by atoms with Crippen molar-refractivity contribution in [3.8, 4) is 11.4 Å². The second-order valence-corrected chi connectivity index (χ2v) is 7.38. The lowest BCUT2D eigenvalue weighted by atomic mass is 10.0. The molecule has 2 heterocycles. The van der Waals surface area contributed by atoms with E-state index in [1.165, 1.54) is 11.8 Å². The molecule has 1 N–H and O–H groups in total. The fraction of sp³-hybridized carbons (Fsp3) is 0.273. The molecule has 2 aromatic heterocycles. The van der Waals surface area contributed by atoms with Crippen LogP contribution in [0.2, 0.25) is 0 Å². The fourth-order valence-electron chi connectivity index (χ4n) is 3.11. The molecule has 3 aromatic rings. The van der Waals surface area contributed by atoms with Crippen molar-refractivity contribution in [2.24, 2.45) is 0 Å². The Balaban J connectivity index is 1.74. The number of anilines is 1.